The first kappa shape index (κ1) is 16.3. The molecule has 1 aromatic carbocycles. The van der Waals surface area contributed by atoms with Crippen LogP contribution < -0.4 is 15.4 Å². The summed E-state index contributed by atoms with van der Waals surface area (Å²) in [7, 11) is 3.03. The van der Waals surface area contributed by atoms with Gasteiger partial charge in [0.25, 0.3) is 5.91 Å². The van der Waals surface area contributed by atoms with Gasteiger partial charge in [0.15, 0.2) is 6.10 Å². The second-order valence-corrected chi connectivity index (χ2v) is 6.86. The Morgan fingerprint density at radius 3 is 2.79 bits per heavy atom. The largest absolute Gasteiger partial charge is 0.479 e. The molecule has 0 fully saturated rings. The minimum absolute atomic E-state index is 0.116. The summed E-state index contributed by atoms with van der Waals surface area (Å²) in [6, 6.07) is 5.49. The van der Waals surface area contributed by atoms with Crippen molar-refractivity contribution in [3.63, 3.8) is 0 Å². The van der Waals surface area contributed by atoms with E-state index >= 15 is 0 Å². The van der Waals surface area contributed by atoms with Gasteiger partial charge in [0.2, 0.25) is 0 Å². The van der Waals surface area contributed by atoms with Gasteiger partial charge in [-0.3, -0.25) is 4.79 Å². The number of nitrogens with zero attached hydrogens (tertiary/aromatic N) is 1. The number of fused-ring (bicyclic) bond motifs is 1. The summed E-state index contributed by atoms with van der Waals surface area (Å²) in [5.74, 6) is 0.0436. The zero-order valence-corrected chi connectivity index (χ0v) is 14.7. The Morgan fingerprint density at radius 2 is 2.12 bits per heavy atom. The molecule has 2 N–H and O–H groups in total. The standard InChI is InChI=1S/C17H18N2O4S/c1-8-16(20)19(3)11-7-10(5-6-12(11)23-8)13-9(2)24-15(18)14(13)17(21)22-4/h5-8H,18H2,1-4H3. The summed E-state index contributed by atoms with van der Waals surface area (Å²) in [5.41, 5.74) is 8.53. The first-order valence-corrected chi connectivity index (χ1v) is 8.22. The Balaban J connectivity index is 2.17. The van der Waals surface area contributed by atoms with Crippen molar-refractivity contribution in [1.82, 2.24) is 0 Å². The predicted octanol–water partition coefficient (Wildman–Crippen LogP) is 2.84. The second-order valence-electron chi connectivity index (χ2n) is 5.60. The Kier molecular flexibility index (Phi) is 3.96. The van der Waals surface area contributed by atoms with E-state index in [2.05, 4.69) is 0 Å². The molecule has 2 heterocycles. The van der Waals surface area contributed by atoms with Crippen molar-refractivity contribution in [2.45, 2.75) is 20.0 Å². The third-order valence-electron chi connectivity index (χ3n) is 4.09. The van der Waals surface area contributed by atoms with Crippen LogP contribution in [0.4, 0.5) is 10.7 Å². The molecule has 3 rings (SSSR count). The van der Waals surface area contributed by atoms with Gasteiger partial charge in [-0.2, -0.15) is 0 Å². The fraction of sp³-hybridized carbons (Fsp3) is 0.294. The molecule has 126 valence electrons. The van der Waals surface area contributed by atoms with Crippen molar-refractivity contribution in [1.29, 1.82) is 0 Å². The lowest BCUT2D eigenvalue weighted by molar-refractivity contribution is -0.125. The molecule has 1 aliphatic rings. The van der Waals surface area contributed by atoms with E-state index in [1.807, 2.05) is 19.1 Å². The number of hydrogen-bond donors (Lipinski definition) is 1. The number of hydrogen-bond acceptors (Lipinski definition) is 6. The molecule has 1 aliphatic heterocycles. The molecule has 2 aromatic rings. The Morgan fingerprint density at radius 1 is 1.42 bits per heavy atom. The number of rotatable bonds is 2. The van der Waals surface area contributed by atoms with Gasteiger partial charge < -0.3 is 20.1 Å². The molecule has 1 unspecified atom stereocenters. The quantitative estimate of drug-likeness (QED) is 0.846. The molecule has 0 aliphatic carbocycles. The number of likely N-dealkylation sites (N-methyl/N-ethyl adjacent to an activating group) is 1. The van der Waals surface area contributed by atoms with Crippen molar-refractivity contribution >= 4 is 33.9 Å². The number of esters is 1. The Hall–Kier alpha value is -2.54. The number of carbonyl (C=O) groups excluding carboxylic acids is 2. The molecule has 0 saturated carbocycles. The van der Waals surface area contributed by atoms with Crippen molar-refractivity contribution in [3.8, 4) is 16.9 Å². The van der Waals surface area contributed by atoms with Crippen LogP contribution in [0.25, 0.3) is 11.1 Å². The predicted molar refractivity (Wildman–Crippen MR) is 93.7 cm³/mol. The van der Waals surface area contributed by atoms with E-state index in [-0.39, 0.29) is 5.91 Å². The monoisotopic (exact) mass is 346 g/mol. The third kappa shape index (κ3) is 2.41. The van der Waals surface area contributed by atoms with Gasteiger partial charge >= 0.3 is 5.97 Å². The Labute approximate surface area is 143 Å². The summed E-state index contributed by atoms with van der Waals surface area (Å²) < 4.78 is 10.5. The fourth-order valence-corrected chi connectivity index (χ4v) is 3.82. The summed E-state index contributed by atoms with van der Waals surface area (Å²) in [6.07, 6.45) is -0.516. The highest BCUT2D eigenvalue weighted by Crippen LogP contribution is 2.42. The fourth-order valence-electron chi connectivity index (χ4n) is 2.89. The Bertz CT molecular complexity index is 843. The van der Waals surface area contributed by atoms with Crippen LogP contribution in [0.2, 0.25) is 0 Å². The van der Waals surface area contributed by atoms with Crippen LogP contribution in [0.3, 0.4) is 0 Å². The van der Waals surface area contributed by atoms with Gasteiger partial charge in [0.05, 0.1) is 12.8 Å². The van der Waals surface area contributed by atoms with E-state index in [0.717, 1.165) is 16.0 Å². The SMILES string of the molecule is COC(=O)c1c(N)sc(C)c1-c1ccc2c(c1)N(C)C(=O)C(C)O2. The number of aryl methyl sites for hydroxylation is 1. The first-order valence-electron chi connectivity index (χ1n) is 7.41. The highest BCUT2D eigenvalue weighted by atomic mass is 32.1. The number of nitrogen functional groups attached to an aromatic ring is 1. The van der Waals surface area contributed by atoms with Crippen molar-refractivity contribution in [2.75, 3.05) is 24.8 Å². The molecule has 1 atom stereocenters. The molecule has 0 saturated heterocycles. The lowest BCUT2D eigenvalue weighted by Crippen LogP contribution is -2.41. The first-order chi connectivity index (χ1) is 11.3. The molecular formula is C17H18N2O4S. The maximum Gasteiger partial charge on any atom is 0.341 e. The average Bonchev–Trinajstić information content (AvgIpc) is 2.86. The van der Waals surface area contributed by atoms with Gasteiger partial charge in [-0.15, -0.1) is 11.3 Å². The number of carbonyl (C=O) groups is 2. The van der Waals surface area contributed by atoms with Gasteiger partial charge in [-0.25, -0.2) is 4.79 Å². The zero-order chi connectivity index (χ0) is 17.6. The maximum absolute atomic E-state index is 12.1. The van der Waals surface area contributed by atoms with Crippen LogP contribution in [0.15, 0.2) is 18.2 Å². The van der Waals surface area contributed by atoms with Gasteiger partial charge in [-0.1, -0.05) is 6.07 Å². The van der Waals surface area contributed by atoms with Crippen LogP contribution in [0, 0.1) is 6.92 Å². The van der Waals surface area contributed by atoms with E-state index < -0.39 is 12.1 Å². The normalized spacial score (nSPS) is 16.6. The number of nitrogens with two attached hydrogens (primary N) is 1. The van der Waals surface area contributed by atoms with Crippen molar-refractivity contribution in [2.24, 2.45) is 0 Å². The molecule has 1 amide bonds. The molecule has 0 spiro atoms. The summed E-state index contributed by atoms with van der Waals surface area (Å²) in [6.45, 7) is 3.62. The second kappa shape index (κ2) is 5.83. The highest BCUT2D eigenvalue weighted by Gasteiger charge is 2.30. The number of methoxy groups -OCH3 is 1. The van der Waals surface area contributed by atoms with Crippen molar-refractivity contribution < 1.29 is 19.1 Å². The zero-order valence-electron chi connectivity index (χ0n) is 13.9. The van der Waals surface area contributed by atoms with Crippen LogP contribution in [-0.4, -0.2) is 32.1 Å². The lowest BCUT2D eigenvalue weighted by Gasteiger charge is -2.30. The number of thiophene rings is 1. The maximum atomic E-state index is 12.1. The topological polar surface area (TPSA) is 81.9 Å². The summed E-state index contributed by atoms with van der Waals surface area (Å²) in [4.78, 5) is 26.7. The number of benzene rings is 1. The highest BCUT2D eigenvalue weighted by molar-refractivity contribution is 7.16. The van der Waals surface area contributed by atoms with Gasteiger partial charge in [0.1, 0.15) is 16.3 Å². The van der Waals surface area contributed by atoms with E-state index in [1.165, 1.54) is 18.4 Å². The average molecular weight is 346 g/mol. The van der Waals surface area contributed by atoms with Crippen LogP contribution >= 0.6 is 11.3 Å². The van der Waals surface area contributed by atoms with Gasteiger partial charge in [0, 0.05) is 17.5 Å². The molecule has 1 aromatic heterocycles. The van der Waals surface area contributed by atoms with E-state index in [1.54, 1.807) is 24.9 Å². The smallest absolute Gasteiger partial charge is 0.341 e. The minimum Gasteiger partial charge on any atom is -0.479 e. The molecule has 0 bridgehead atoms. The number of amides is 1. The van der Waals surface area contributed by atoms with Crippen LogP contribution in [-0.2, 0) is 9.53 Å². The molecule has 0 radical (unpaired) electrons. The van der Waals surface area contributed by atoms with Gasteiger partial charge in [-0.05, 0) is 31.5 Å². The van der Waals surface area contributed by atoms with E-state index in [0.29, 0.717) is 22.0 Å². The molecule has 6 nitrogen and oxygen atoms in total. The van der Waals surface area contributed by atoms with E-state index in [4.69, 9.17) is 15.2 Å². The molecular weight excluding hydrogens is 328 g/mol. The van der Waals surface area contributed by atoms with Crippen LogP contribution in [0.5, 0.6) is 5.75 Å². The minimum atomic E-state index is -0.516. The third-order valence-corrected chi connectivity index (χ3v) is 5.03. The van der Waals surface area contributed by atoms with E-state index in [9.17, 15) is 9.59 Å². The lowest BCUT2D eigenvalue weighted by atomic mass is 9.99. The summed E-state index contributed by atoms with van der Waals surface area (Å²) in [5, 5.41) is 0.418. The van der Waals surface area contributed by atoms with Crippen molar-refractivity contribution in [3.05, 3.63) is 28.6 Å². The molecule has 24 heavy (non-hydrogen) atoms. The number of ether oxygens (including phenoxy) is 2. The van der Waals surface area contributed by atoms with Crippen LogP contribution in [0.1, 0.15) is 22.2 Å². The number of anilines is 2. The molecule has 7 heteroatoms. The summed E-state index contributed by atoms with van der Waals surface area (Å²) >= 11 is 1.34.